The van der Waals surface area contributed by atoms with E-state index in [1.165, 1.54) is 39.4 Å². The normalized spacial score (nSPS) is 14.0. The third-order valence-corrected chi connectivity index (χ3v) is 4.84. The van der Waals surface area contributed by atoms with Gasteiger partial charge in [0.15, 0.2) is 0 Å². The lowest BCUT2D eigenvalue weighted by Gasteiger charge is -2.18. The second-order valence-electron chi connectivity index (χ2n) is 5.27. The van der Waals surface area contributed by atoms with E-state index >= 15 is 0 Å². The fourth-order valence-electron chi connectivity index (χ4n) is 2.81. The lowest BCUT2D eigenvalue weighted by atomic mass is 10.00. The summed E-state index contributed by atoms with van der Waals surface area (Å²) in [5.74, 6) is 0. The summed E-state index contributed by atoms with van der Waals surface area (Å²) in [7, 11) is 0. The van der Waals surface area contributed by atoms with E-state index in [0.29, 0.717) is 0 Å². The number of hydrogen-bond acceptors (Lipinski definition) is 3. The van der Waals surface area contributed by atoms with Crippen molar-refractivity contribution in [1.82, 2.24) is 4.98 Å². The molecule has 0 fully saturated rings. The molecule has 0 amide bonds. The fourth-order valence-corrected chi connectivity index (χ4v) is 3.81. The summed E-state index contributed by atoms with van der Waals surface area (Å²) < 4.78 is 1.28. The van der Waals surface area contributed by atoms with Crippen LogP contribution in [0.25, 0.3) is 10.2 Å². The number of hydrogen-bond donors (Lipinski definition) is 1. The van der Waals surface area contributed by atoms with Crippen LogP contribution in [0.1, 0.15) is 22.6 Å². The molecule has 1 aliphatic rings. The number of aryl methyl sites for hydroxylation is 1. The van der Waals surface area contributed by atoms with Crippen molar-refractivity contribution in [2.75, 3.05) is 11.9 Å². The summed E-state index contributed by atoms with van der Waals surface area (Å²) in [5, 5.41) is 4.67. The maximum atomic E-state index is 4.72. The second kappa shape index (κ2) is 4.91. The van der Waals surface area contributed by atoms with Gasteiger partial charge in [-0.3, -0.25) is 0 Å². The highest BCUT2D eigenvalue weighted by molar-refractivity contribution is 7.18. The van der Waals surface area contributed by atoms with E-state index in [4.69, 9.17) is 4.98 Å². The van der Waals surface area contributed by atoms with E-state index in [1.54, 1.807) is 11.3 Å². The SMILES string of the molecule is c1ccc2sc(Cc3ccc4c(c3)CCCN4)nc2c1. The standard InChI is InChI=1S/C17H16N2S/c1-2-6-16-15(5-1)19-17(20-16)11-12-7-8-14-13(10-12)4-3-9-18-14/h1-2,5-8,10,18H,3-4,9,11H2. The first-order chi connectivity index (χ1) is 9.88. The third kappa shape index (κ3) is 2.18. The van der Waals surface area contributed by atoms with E-state index in [2.05, 4.69) is 47.8 Å². The van der Waals surface area contributed by atoms with E-state index in [0.717, 1.165) is 18.5 Å². The molecule has 0 saturated heterocycles. The third-order valence-electron chi connectivity index (χ3n) is 3.80. The Bertz CT molecular complexity index is 728. The minimum absolute atomic E-state index is 0.937. The topological polar surface area (TPSA) is 24.9 Å². The summed E-state index contributed by atoms with van der Waals surface area (Å²) in [5.41, 5.74) is 5.25. The van der Waals surface area contributed by atoms with Crippen molar-refractivity contribution < 1.29 is 0 Å². The van der Waals surface area contributed by atoms with E-state index in [-0.39, 0.29) is 0 Å². The molecule has 0 atom stereocenters. The maximum Gasteiger partial charge on any atom is 0.0982 e. The average Bonchev–Trinajstić information content (AvgIpc) is 2.89. The van der Waals surface area contributed by atoms with Crippen LogP contribution in [0, 0.1) is 0 Å². The minimum atomic E-state index is 0.937. The largest absolute Gasteiger partial charge is 0.385 e. The molecule has 2 heterocycles. The zero-order valence-electron chi connectivity index (χ0n) is 11.2. The van der Waals surface area contributed by atoms with Crippen molar-refractivity contribution >= 4 is 27.2 Å². The fraction of sp³-hybridized carbons (Fsp3) is 0.235. The maximum absolute atomic E-state index is 4.72. The van der Waals surface area contributed by atoms with Crippen LogP contribution in [0.5, 0.6) is 0 Å². The van der Waals surface area contributed by atoms with Gasteiger partial charge in [0.2, 0.25) is 0 Å². The molecule has 0 radical (unpaired) electrons. The van der Waals surface area contributed by atoms with Gasteiger partial charge < -0.3 is 5.32 Å². The number of para-hydroxylation sites is 1. The lowest BCUT2D eigenvalue weighted by Crippen LogP contribution is -2.11. The Labute approximate surface area is 122 Å². The molecule has 100 valence electrons. The number of thiazole rings is 1. The van der Waals surface area contributed by atoms with Crippen LogP contribution in [0.15, 0.2) is 42.5 Å². The number of aromatic nitrogens is 1. The molecular weight excluding hydrogens is 264 g/mol. The zero-order chi connectivity index (χ0) is 13.4. The van der Waals surface area contributed by atoms with Crippen molar-refractivity contribution in [2.24, 2.45) is 0 Å². The molecule has 0 saturated carbocycles. The van der Waals surface area contributed by atoms with Gasteiger partial charge in [0.25, 0.3) is 0 Å². The molecule has 2 aromatic carbocycles. The number of benzene rings is 2. The molecule has 0 spiro atoms. The molecule has 0 aliphatic carbocycles. The number of nitrogens with one attached hydrogen (secondary N) is 1. The van der Waals surface area contributed by atoms with Crippen LogP contribution in [0.4, 0.5) is 5.69 Å². The lowest BCUT2D eigenvalue weighted by molar-refractivity contribution is 0.828. The molecule has 20 heavy (non-hydrogen) atoms. The zero-order valence-corrected chi connectivity index (χ0v) is 12.0. The molecule has 0 bridgehead atoms. The first kappa shape index (κ1) is 11.9. The van der Waals surface area contributed by atoms with E-state index < -0.39 is 0 Å². The molecular formula is C17H16N2S. The predicted octanol–water partition coefficient (Wildman–Crippen LogP) is 4.25. The summed E-state index contributed by atoms with van der Waals surface area (Å²) >= 11 is 1.80. The van der Waals surface area contributed by atoms with Crippen molar-refractivity contribution in [2.45, 2.75) is 19.3 Å². The van der Waals surface area contributed by atoms with Crippen molar-refractivity contribution in [3.8, 4) is 0 Å². The van der Waals surface area contributed by atoms with Gasteiger partial charge in [-0.1, -0.05) is 24.3 Å². The van der Waals surface area contributed by atoms with Crippen LogP contribution < -0.4 is 5.32 Å². The molecule has 2 nitrogen and oxygen atoms in total. The summed E-state index contributed by atoms with van der Waals surface area (Å²) in [6, 6.07) is 15.2. The first-order valence-electron chi connectivity index (χ1n) is 7.09. The van der Waals surface area contributed by atoms with Gasteiger partial charge in [0, 0.05) is 18.7 Å². The average molecular weight is 280 g/mol. The van der Waals surface area contributed by atoms with Crippen LogP contribution in [0.3, 0.4) is 0 Å². The molecule has 1 aromatic heterocycles. The molecule has 0 unspecified atom stereocenters. The smallest absolute Gasteiger partial charge is 0.0982 e. The quantitative estimate of drug-likeness (QED) is 0.759. The van der Waals surface area contributed by atoms with Crippen LogP contribution in [-0.2, 0) is 12.8 Å². The van der Waals surface area contributed by atoms with Crippen LogP contribution in [-0.4, -0.2) is 11.5 Å². The summed E-state index contributed by atoms with van der Waals surface area (Å²) in [4.78, 5) is 4.72. The Hall–Kier alpha value is -1.87. The van der Waals surface area contributed by atoms with Gasteiger partial charge in [0.1, 0.15) is 0 Å². The van der Waals surface area contributed by atoms with E-state index in [1.807, 2.05) is 0 Å². The Kier molecular flexibility index (Phi) is 2.92. The Balaban J connectivity index is 1.65. The number of anilines is 1. The Morgan fingerprint density at radius 1 is 1.15 bits per heavy atom. The van der Waals surface area contributed by atoms with Crippen molar-refractivity contribution in [3.63, 3.8) is 0 Å². The number of fused-ring (bicyclic) bond motifs is 2. The molecule has 4 rings (SSSR count). The van der Waals surface area contributed by atoms with Gasteiger partial charge in [0.05, 0.1) is 15.2 Å². The monoisotopic (exact) mass is 280 g/mol. The number of nitrogens with zero attached hydrogens (tertiary/aromatic N) is 1. The van der Waals surface area contributed by atoms with Crippen molar-refractivity contribution in [1.29, 1.82) is 0 Å². The summed E-state index contributed by atoms with van der Waals surface area (Å²) in [6.07, 6.45) is 3.36. The van der Waals surface area contributed by atoms with Crippen molar-refractivity contribution in [3.05, 3.63) is 58.6 Å². The molecule has 1 aliphatic heterocycles. The molecule has 1 N–H and O–H groups in total. The van der Waals surface area contributed by atoms with E-state index in [9.17, 15) is 0 Å². The first-order valence-corrected chi connectivity index (χ1v) is 7.90. The Morgan fingerprint density at radius 3 is 3.05 bits per heavy atom. The van der Waals surface area contributed by atoms with Crippen LogP contribution >= 0.6 is 11.3 Å². The molecule has 3 aromatic rings. The van der Waals surface area contributed by atoms with Gasteiger partial charge >= 0.3 is 0 Å². The predicted molar refractivity (Wildman–Crippen MR) is 85.7 cm³/mol. The highest BCUT2D eigenvalue weighted by Crippen LogP contribution is 2.27. The summed E-state index contributed by atoms with van der Waals surface area (Å²) in [6.45, 7) is 1.10. The van der Waals surface area contributed by atoms with Gasteiger partial charge in [-0.05, 0) is 42.2 Å². The molecule has 3 heteroatoms. The van der Waals surface area contributed by atoms with Gasteiger partial charge in [-0.25, -0.2) is 4.98 Å². The highest BCUT2D eigenvalue weighted by Gasteiger charge is 2.10. The van der Waals surface area contributed by atoms with Crippen LogP contribution in [0.2, 0.25) is 0 Å². The Morgan fingerprint density at radius 2 is 2.10 bits per heavy atom. The number of rotatable bonds is 2. The van der Waals surface area contributed by atoms with Gasteiger partial charge in [-0.15, -0.1) is 11.3 Å². The van der Waals surface area contributed by atoms with Gasteiger partial charge in [-0.2, -0.15) is 0 Å². The highest BCUT2D eigenvalue weighted by atomic mass is 32.1. The second-order valence-corrected chi connectivity index (χ2v) is 6.39. The minimum Gasteiger partial charge on any atom is -0.385 e.